The summed E-state index contributed by atoms with van der Waals surface area (Å²) in [4.78, 5) is 12.7. The molecule has 3 heterocycles. The van der Waals surface area contributed by atoms with Crippen molar-refractivity contribution in [2.24, 2.45) is 0 Å². The maximum atomic E-state index is 5.11. The molecule has 1 aliphatic heterocycles. The molecule has 1 saturated heterocycles. The summed E-state index contributed by atoms with van der Waals surface area (Å²) in [6.07, 6.45) is 2.30. The smallest absolute Gasteiger partial charge is 0.223 e. The maximum Gasteiger partial charge on any atom is 0.223 e. The van der Waals surface area contributed by atoms with Crippen molar-refractivity contribution >= 4 is 11.3 Å². The third kappa shape index (κ3) is 2.55. The normalized spacial score (nSPS) is 20.3. The first-order valence-corrected chi connectivity index (χ1v) is 7.42. The van der Waals surface area contributed by atoms with Crippen molar-refractivity contribution in [1.29, 1.82) is 0 Å². The molecule has 0 aromatic carbocycles. The number of nitrogens with zero attached hydrogens (tertiary/aromatic N) is 4. The third-order valence-corrected chi connectivity index (χ3v) is 4.61. The van der Waals surface area contributed by atoms with E-state index in [9.17, 15) is 0 Å². The Kier molecular flexibility index (Phi) is 3.36. The van der Waals surface area contributed by atoms with Crippen molar-refractivity contribution in [3.05, 3.63) is 27.3 Å². The zero-order valence-corrected chi connectivity index (χ0v) is 12.3. The summed E-state index contributed by atoms with van der Waals surface area (Å²) in [5.41, 5.74) is 1.15. The Balaban J connectivity index is 1.78. The van der Waals surface area contributed by atoms with Gasteiger partial charge in [-0.15, -0.1) is 11.3 Å². The van der Waals surface area contributed by atoms with Gasteiger partial charge in [-0.05, 0) is 33.2 Å². The summed E-state index contributed by atoms with van der Waals surface area (Å²) in [6, 6.07) is 0.291. The third-order valence-electron chi connectivity index (χ3n) is 3.55. The van der Waals surface area contributed by atoms with Crippen LogP contribution in [0.1, 0.15) is 46.2 Å². The molecule has 1 unspecified atom stereocenters. The van der Waals surface area contributed by atoms with Crippen LogP contribution in [-0.4, -0.2) is 26.6 Å². The molecule has 19 heavy (non-hydrogen) atoms. The molecule has 0 N–H and O–H groups in total. The van der Waals surface area contributed by atoms with Gasteiger partial charge >= 0.3 is 0 Å². The van der Waals surface area contributed by atoms with E-state index in [2.05, 4.69) is 33.9 Å². The van der Waals surface area contributed by atoms with Crippen LogP contribution in [0.25, 0.3) is 0 Å². The fourth-order valence-electron chi connectivity index (χ4n) is 2.66. The second-order valence-electron chi connectivity index (χ2n) is 5.04. The van der Waals surface area contributed by atoms with E-state index in [4.69, 9.17) is 4.52 Å². The standard InChI is InChI=1S/C13H18N4OS/c1-8-12(19-10(3)14-8)7-17-6-4-5-11(17)13-15-9(2)18-16-13/h11H,4-7H2,1-3H3. The number of hydrogen-bond donors (Lipinski definition) is 0. The molecule has 102 valence electrons. The van der Waals surface area contributed by atoms with E-state index in [1.165, 1.54) is 11.3 Å². The van der Waals surface area contributed by atoms with Crippen molar-refractivity contribution < 1.29 is 4.52 Å². The number of hydrogen-bond acceptors (Lipinski definition) is 6. The first kappa shape index (κ1) is 12.7. The molecule has 0 spiro atoms. The Morgan fingerprint density at radius 2 is 2.16 bits per heavy atom. The van der Waals surface area contributed by atoms with Gasteiger partial charge in [0.15, 0.2) is 5.82 Å². The van der Waals surface area contributed by atoms with Gasteiger partial charge in [0, 0.05) is 18.3 Å². The van der Waals surface area contributed by atoms with E-state index in [0.717, 1.165) is 36.0 Å². The predicted octanol–water partition coefficient (Wildman–Crippen LogP) is 2.79. The largest absolute Gasteiger partial charge is 0.340 e. The van der Waals surface area contributed by atoms with Gasteiger partial charge in [0.1, 0.15) is 0 Å². The topological polar surface area (TPSA) is 55.1 Å². The molecule has 2 aromatic rings. The summed E-state index contributed by atoms with van der Waals surface area (Å²) in [5.74, 6) is 1.47. The van der Waals surface area contributed by atoms with Gasteiger partial charge in [-0.1, -0.05) is 5.16 Å². The molecule has 1 fully saturated rings. The zero-order chi connectivity index (χ0) is 13.4. The van der Waals surface area contributed by atoms with E-state index in [1.807, 2.05) is 6.92 Å². The molecule has 6 heteroatoms. The van der Waals surface area contributed by atoms with E-state index in [-0.39, 0.29) is 0 Å². The van der Waals surface area contributed by atoms with Crippen molar-refractivity contribution in [3.8, 4) is 0 Å². The van der Waals surface area contributed by atoms with Crippen LogP contribution < -0.4 is 0 Å². The van der Waals surface area contributed by atoms with Crippen LogP contribution in [0, 0.1) is 20.8 Å². The molecule has 5 nitrogen and oxygen atoms in total. The SMILES string of the molecule is Cc1nc(C2CCCN2Cc2sc(C)nc2C)no1. The summed E-state index contributed by atoms with van der Waals surface area (Å²) >= 11 is 1.79. The second kappa shape index (κ2) is 5.02. The highest BCUT2D eigenvalue weighted by Crippen LogP contribution is 2.33. The molecule has 0 amide bonds. The lowest BCUT2D eigenvalue weighted by atomic mass is 10.2. The highest BCUT2D eigenvalue weighted by molar-refractivity contribution is 7.11. The van der Waals surface area contributed by atoms with Gasteiger partial charge in [-0.3, -0.25) is 4.90 Å². The van der Waals surface area contributed by atoms with E-state index in [0.29, 0.717) is 11.9 Å². The predicted molar refractivity (Wildman–Crippen MR) is 73.0 cm³/mol. The molecule has 1 aliphatic rings. The Morgan fingerprint density at radius 1 is 1.32 bits per heavy atom. The van der Waals surface area contributed by atoms with Gasteiger partial charge in [-0.25, -0.2) is 4.98 Å². The fraction of sp³-hybridized carbons (Fsp3) is 0.615. The first-order valence-electron chi connectivity index (χ1n) is 6.60. The molecule has 0 saturated carbocycles. The summed E-state index contributed by atoms with van der Waals surface area (Å²) in [6.45, 7) is 8.02. The molecular formula is C13H18N4OS. The first-order chi connectivity index (χ1) is 9.13. The Morgan fingerprint density at radius 3 is 2.79 bits per heavy atom. The van der Waals surface area contributed by atoms with Crippen LogP contribution in [0.15, 0.2) is 4.52 Å². The molecule has 3 rings (SSSR count). The van der Waals surface area contributed by atoms with Crippen LogP contribution in [0.2, 0.25) is 0 Å². The van der Waals surface area contributed by atoms with Gasteiger partial charge in [-0.2, -0.15) is 4.98 Å². The summed E-state index contributed by atoms with van der Waals surface area (Å²) < 4.78 is 5.11. The lowest BCUT2D eigenvalue weighted by Gasteiger charge is -2.21. The van der Waals surface area contributed by atoms with Crippen molar-refractivity contribution in [1.82, 2.24) is 20.0 Å². The number of aryl methyl sites for hydroxylation is 3. The van der Waals surface area contributed by atoms with Crippen LogP contribution in [0.3, 0.4) is 0 Å². The van der Waals surface area contributed by atoms with Gasteiger partial charge in [0.25, 0.3) is 0 Å². The average molecular weight is 278 g/mol. The summed E-state index contributed by atoms with van der Waals surface area (Å²) in [7, 11) is 0. The molecule has 0 bridgehead atoms. The summed E-state index contributed by atoms with van der Waals surface area (Å²) in [5, 5.41) is 5.21. The maximum absolute atomic E-state index is 5.11. The highest BCUT2D eigenvalue weighted by atomic mass is 32.1. The number of thiazole rings is 1. The fourth-order valence-corrected chi connectivity index (χ4v) is 3.63. The quantitative estimate of drug-likeness (QED) is 0.864. The Hall–Kier alpha value is -1.27. The molecule has 2 aromatic heterocycles. The van der Waals surface area contributed by atoms with Gasteiger partial charge < -0.3 is 4.52 Å². The number of aromatic nitrogens is 3. The van der Waals surface area contributed by atoms with Crippen LogP contribution in [0.4, 0.5) is 0 Å². The van der Waals surface area contributed by atoms with E-state index < -0.39 is 0 Å². The van der Waals surface area contributed by atoms with Crippen molar-refractivity contribution in [3.63, 3.8) is 0 Å². The minimum absolute atomic E-state index is 0.291. The van der Waals surface area contributed by atoms with E-state index in [1.54, 1.807) is 11.3 Å². The Bertz CT molecular complexity index is 577. The van der Waals surface area contributed by atoms with Crippen LogP contribution in [0.5, 0.6) is 0 Å². The second-order valence-corrected chi connectivity index (χ2v) is 6.33. The van der Waals surface area contributed by atoms with Crippen LogP contribution >= 0.6 is 11.3 Å². The van der Waals surface area contributed by atoms with Crippen molar-refractivity contribution in [2.45, 2.75) is 46.2 Å². The number of rotatable bonds is 3. The monoisotopic (exact) mass is 278 g/mol. The minimum Gasteiger partial charge on any atom is -0.340 e. The Labute approximate surface area is 116 Å². The lowest BCUT2D eigenvalue weighted by Crippen LogP contribution is -2.23. The molecular weight excluding hydrogens is 260 g/mol. The molecule has 0 aliphatic carbocycles. The van der Waals surface area contributed by atoms with E-state index >= 15 is 0 Å². The highest BCUT2D eigenvalue weighted by Gasteiger charge is 2.30. The minimum atomic E-state index is 0.291. The molecule has 0 radical (unpaired) electrons. The molecule has 1 atom stereocenters. The zero-order valence-electron chi connectivity index (χ0n) is 11.5. The van der Waals surface area contributed by atoms with Crippen LogP contribution in [-0.2, 0) is 6.54 Å². The van der Waals surface area contributed by atoms with Gasteiger partial charge in [0.2, 0.25) is 5.89 Å². The lowest BCUT2D eigenvalue weighted by molar-refractivity contribution is 0.235. The van der Waals surface area contributed by atoms with Gasteiger partial charge in [0.05, 0.1) is 16.7 Å². The number of likely N-dealkylation sites (tertiary alicyclic amines) is 1. The van der Waals surface area contributed by atoms with Crippen molar-refractivity contribution in [2.75, 3.05) is 6.54 Å². The average Bonchev–Trinajstić information content (AvgIpc) is 3.02.